The Bertz CT molecular complexity index is 927. The van der Waals surface area contributed by atoms with Gasteiger partial charge in [0.15, 0.2) is 0 Å². The van der Waals surface area contributed by atoms with Crippen LogP contribution in [0.25, 0.3) is 0 Å². The number of hydrogen-bond donors (Lipinski definition) is 2. The van der Waals surface area contributed by atoms with E-state index in [1.807, 2.05) is 10.6 Å². The van der Waals surface area contributed by atoms with Gasteiger partial charge in [0, 0.05) is 20.0 Å². The molecule has 148 valence electrons. The first-order chi connectivity index (χ1) is 12.5. The summed E-state index contributed by atoms with van der Waals surface area (Å²) in [6, 6.07) is 0. The first-order valence-electron chi connectivity index (χ1n) is 8.53. The number of rotatable bonds is 2. The van der Waals surface area contributed by atoms with Gasteiger partial charge in [-0.3, -0.25) is 23.5 Å². The Morgan fingerprint density at radius 1 is 1.11 bits per heavy atom. The standard InChI is InChI=1S/C16H19F3N4O4/c1-22-10-9(12(25)23(2)14(22)27)15(13(26)20-10,16(17,18)19)21-11(24)8-6-4-3-5-7-8/h8H,3-7H2,1-2H3,(H,20,26)(H,21,24)/t15-/m1/s1. The van der Waals surface area contributed by atoms with Gasteiger partial charge < -0.3 is 10.6 Å². The van der Waals surface area contributed by atoms with Crippen molar-refractivity contribution in [2.24, 2.45) is 20.0 Å². The Kier molecular flexibility index (Phi) is 4.43. The third-order valence-corrected chi connectivity index (χ3v) is 5.32. The number of carbonyl (C=O) groups is 2. The minimum atomic E-state index is -5.28. The van der Waals surface area contributed by atoms with Crippen molar-refractivity contribution in [3.05, 3.63) is 26.4 Å². The lowest BCUT2D eigenvalue weighted by atomic mass is 9.86. The zero-order valence-corrected chi connectivity index (χ0v) is 14.8. The molecule has 1 fully saturated rings. The lowest BCUT2D eigenvalue weighted by Crippen LogP contribution is -2.63. The van der Waals surface area contributed by atoms with E-state index in [9.17, 15) is 32.3 Å². The van der Waals surface area contributed by atoms with E-state index < -0.39 is 52.1 Å². The van der Waals surface area contributed by atoms with Crippen LogP contribution in [0, 0.1) is 5.92 Å². The molecule has 1 aliphatic carbocycles. The maximum atomic E-state index is 14.1. The minimum absolute atomic E-state index is 0.416. The molecule has 0 spiro atoms. The SMILES string of the molecule is Cn1c2c(c(=O)n(C)c1=O)[C@](NC(=O)C1CCCCC1)(C(F)(F)F)C(=O)N2. The molecule has 1 atom stereocenters. The van der Waals surface area contributed by atoms with Gasteiger partial charge in [-0.15, -0.1) is 0 Å². The average molecular weight is 388 g/mol. The zero-order valence-electron chi connectivity index (χ0n) is 14.8. The molecular weight excluding hydrogens is 369 g/mol. The van der Waals surface area contributed by atoms with Crippen molar-refractivity contribution in [1.82, 2.24) is 14.5 Å². The molecule has 2 amide bonds. The fraction of sp³-hybridized carbons (Fsp3) is 0.625. The van der Waals surface area contributed by atoms with Gasteiger partial charge in [0.1, 0.15) is 11.4 Å². The highest BCUT2D eigenvalue weighted by atomic mass is 19.4. The van der Waals surface area contributed by atoms with Gasteiger partial charge in [0.2, 0.25) is 11.4 Å². The van der Waals surface area contributed by atoms with E-state index >= 15 is 0 Å². The third kappa shape index (κ3) is 2.67. The normalized spacial score (nSPS) is 23.1. The first kappa shape index (κ1) is 19.2. The number of alkyl halides is 3. The van der Waals surface area contributed by atoms with Crippen LogP contribution in [-0.4, -0.2) is 27.1 Å². The van der Waals surface area contributed by atoms with E-state index in [-0.39, 0.29) is 0 Å². The summed E-state index contributed by atoms with van der Waals surface area (Å²) in [7, 11) is 2.15. The lowest BCUT2D eigenvalue weighted by molar-refractivity contribution is -0.201. The molecule has 11 heteroatoms. The van der Waals surface area contributed by atoms with Crippen molar-refractivity contribution in [2.45, 2.75) is 43.8 Å². The number of nitrogens with zero attached hydrogens (tertiary/aromatic N) is 2. The fourth-order valence-corrected chi connectivity index (χ4v) is 3.76. The molecule has 1 aromatic heterocycles. The average Bonchev–Trinajstić information content (AvgIpc) is 2.92. The highest BCUT2D eigenvalue weighted by Gasteiger charge is 2.68. The number of carbonyl (C=O) groups excluding carboxylic acids is 2. The van der Waals surface area contributed by atoms with Crippen LogP contribution in [0.4, 0.5) is 19.0 Å². The molecule has 1 aromatic rings. The van der Waals surface area contributed by atoms with E-state index in [0.717, 1.165) is 25.1 Å². The summed E-state index contributed by atoms with van der Waals surface area (Å²) in [4.78, 5) is 49.5. The Morgan fingerprint density at radius 2 is 1.70 bits per heavy atom. The second-order valence-corrected chi connectivity index (χ2v) is 6.96. The Labute approximate surface area is 151 Å². The summed E-state index contributed by atoms with van der Waals surface area (Å²) in [5.41, 5.74) is -6.70. The van der Waals surface area contributed by atoms with E-state index in [1.165, 1.54) is 0 Å². The van der Waals surface area contributed by atoms with Crippen LogP contribution in [-0.2, 0) is 29.2 Å². The van der Waals surface area contributed by atoms with Gasteiger partial charge in [-0.05, 0) is 12.8 Å². The number of halogens is 3. The van der Waals surface area contributed by atoms with Crippen LogP contribution < -0.4 is 21.9 Å². The van der Waals surface area contributed by atoms with E-state index in [4.69, 9.17) is 0 Å². The second-order valence-electron chi connectivity index (χ2n) is 6.96. The molecule has 2 N–H and O–H groups in total. The summed E-state index contributed by atoms with van der Waals surface area (Å²) in [6.07, 6.45) is -2.15. The number of aromatic nitrogens is 2. The van der Waals surface area contributed by atoms with E-state index in [2.05, 4.69) is 0 Å². The number of amides is 2. The molecule has 1 saturated carbocycles. The van der Waals surface area contributed by atoms with Gasteiger partial charge in [-0.25, -0.2) is 4.79 Å². The van der Waals surface area contributed by atoms with Crippen LogP contribution in [0.3, 0.4) is 0 Å². The Hall–Kier alpha value is -2.59. The van der Waals surface area contributed by atoms with E-state index in [1.54, 1.807) is 0 Å². The molecule has 0 unspecified atom stereocenters. The molecular formula is C16H19F3N4O4. The van der Waals surface area contributed by atoms with Crippen molar-refractivity contribution >= 4 is 17.6 Å². The lowest BCUT2D eigenvalue weighted by Gasteiger charge is -2.32. The van der Waals surface area contributed by atoms with E-state index in [0.29, 0.717) is 30.3 Å². The molecule has 0 aromatic carbocycles. The monoisotopic (exact) mass is 388 g/mol. The highest BCUT2D eigenvalue weighted by Crippen LogP contribution is 2.45. The maximum Gasteiger partial charge on any atom is 0.425 e. The van der Waals surface area contributed by atoms with Gasteiger partial charge in [0.25, 0.3) is 11.5 Å². The van der Waals surface area contributed by atoms with Crippen LogP contribution >= 0.6 is 0 Å². The van der Waals surface area contributed by atoms with Crippen molar-refractivity contribution < 1.29 is 22.8 Å². The molecule has 2 heterocycles. The molecule has 0 saturated heterocycles. The van der Waals surface area contributed by atoms with Gasteiger partial charge in [0.05, 0.1) is 0 Å². The summed E-state index contributed by atoms with van der Waals surface area (Å²) in [5.74, 6) is -3.75. The van der Waals surface area contributed by atoms with Crippen LogP contribution in [0.15, 0.2) is 9.59 Å². The first-order valence-corrected chi connectivity index (χ1v) is 8.53. The van der Waals surface area contributed by atoms with Crippen LogP contribution in [0.2, 0.25) is 0 Å². The zero-order chi connectivity index (χ0) is 20.1. The Balaban J connectivity index is 2.20. The maximum absolute atomic E-state index is 14.1. The summed E-state index contributed by atoms with van der Waals surface area (Å²) >= 11 is 0. The number of anilines is 1. The Morgan fingerprint density at radius 3 is 2.26 bits per heavy atom. The van der Waals surface area contributed by atoms with Crippen molar-refractivity contribution in [2.75, 3.05) is 5.32 Å². The summed E-state index contributed by atoms with van der Waals surface area (Å²) < 4.78 is 43.5. The summed E-state index contributed by atoms with van der Waals surface area (Å²) in [5, 5.41) is 3.77. The van der Waals surface area contributed by atoms with Crippen molar-refractivity contribution in [1.29, 1.82) is 0 Å². The fourth-order valence-electron chi connectivity index (χ4n) is 3.76. The molecule has 0 bridgehead atoms. The number of fused-ring (bicyclic) bond motifs is 1. The highest BCUT2D eigenvalue weighted by molar-refractivity contribution is 6.07. The topological polar surface area (TPSA) is 102 Å². The third-order valence-electron chi connectivity index (χ3n) is 5.32. The molecule has 0 radical (unpaired) electrons. The minimum Gasteiger partial charge on any atom is -0.330 e. The molecule has 1 aliphatic heterocycles. The molecule has 27 heavy (non-hydrogen) atoms. The predicted octanol–water partition coefficient (Wildman–Crippen LogP) is 0.490. The van der Waals surface area contributed by atoms with Gasteiger partial charge in [-0.1, -0.05) is 19.3 Å². The van der Waals surface area contributed by atoms with Gasteiger partial charge >= 0.3 is 11.9 Å². The number of nitrogens with one attached hydrogen (secondary N) is 2. The van der Waals surface area contributed by atoms with Gasteiger partial charge in [-0.2, -0.15) is 13.2 Å². The predicted molar refractivity (Wildman–Crippen MR) is 88.0 cm³/mol. The number of hydrogen-bond acceptors (Lipinski definition) is 4. The van der Waals surface area contributed by atoms with Crippen molar-refractivity contribution in [3.8, 4) is 0 Å². The summed E-state index contributed by atoms with van der Waals surface area (Å²) in [6.45, 7) is 0. The largest absolute Gasteiger partial charge is 0.425 e. The molecule has 2 aliphatic rings. The van der Waals surface area contributed by atoms with Crippen LogP contribution in [0.1, 0.15) is 37.7 Å². The smallest absolute Gasteiger partial charge is 0.330 e. The quantitative estimate of drug-likeness (QED) is 0.770. The van der Waals surface area contributed by atoms with Crippen LogP contribution in [0.5, 0.6) is 0 Å². The molecule has 3 rings (SSSR count). The molecule has 8 nitrogen and oxygen atoms in total. The second kappa shape index (κ2) is 6.24. The van der Waals surface area contributed by atoms with Crippen molar-refractivity contribution in [3.63, 3.8) is 0 Å².